The SMILES string of the molecule is COC(O)NC(C(=O)N1CC(F)CC1c1ncc(C2=CC=CC(C)C3CC(C4Cc5ccccc5S4)OC4=C(CCC(c5cnc(C6CCCN6C(=O)C(N)C6CCOCC6)[nH]5)=C4)C3=CC=C2)[nH]1)C1CCOCC1. The number of imidazole rings is 2. The highest BCUT2D eigenvalue weighted by Gasteiger charge is 2.44. The Bertz CT molecular complexity index is 2690. The molecule has 11 rings (SSSR count). The number of ether oxygens (including phenoxy) is 4. The first-order valence-electron chi connectivity index (χ1n) is 27.0. The number of thioether (sulfide) groups is 1. The molecule has 2 amide bonds. The third kappa shape index (κ3) is 10.7. The number of alkyl halides is 1. The van der Waals surface area contributed by atoms with E-state index in [0.29, 0.717) is 51.6 Å². The molecule has 0 spiro atoms. The van der Waals surface area contributed by atoms with E-state index in [2.05, 4.69) is 89.0 Å². The molecule has 3 aromatic rings. The molecule has 394 valence electrons. The minimum atomic E-state index is -1.35. The Labute approximate surface area is 437 Å². The summed E-state index contributed by atoms with van der Waals surface area (Å²) in [4.78, 5) is 49.9. The van der Waals surface area contributed by atoms with Gasteiger partial charge in [-0.3, -0.25) is 14.9 Å². The molecular weight excluding hydrogens is 960 g/mol. The molecule has 4 fully saturated rings. The van der Waals surface area contributed by atoms with E-state index in [1.165, 1.54) is 28.7 Å². The summed E-state index contributed by atoms with van der Waals surface area (Å²) in [5.41, 5.74) is 14.2. The van der Waals surface area contributed by atoms with E-state index in [9.17, 15) is 14.7 Å². The smallest absolute Gasteiger partial charge is 0.240 e. The molecule has 8 aliphatic rings. The van der Waals surface area contributed by atoms with Crippen LogP contribution >= 0.6 is 11.8 Å². The number of fused-ring (bicyclic) bond motifs is 3. The van der Waals surface area contributed by atoms with Crippen LogP contribution in [-0.4, -0.2) is 129 Å². The minimum absolute atomic E-state index is 0.00646. The highest BCUT2D eigenvalue weighted by Crippen LogP contribution is 2.49. The second-order valence-electron chi connectivity index (χ2n) is 21.4. The zero-order chi connectivity index (χ0) is 50.9. The summed E-state index contributed by atoms with van der Waals surface area (Å²) in [6, 6.07) is 6.64. The average Bonchev–Trinajstić information content (AvgIpc) is 4.30. The Kier molecular flexibility index (Phi) is 15.6. The summed E-state index contributed by atoms with van der Waals surface area (Å²) < 4.78 is 38.9. The van der Waals surface area contributed by atoms with E-state index in [-0.39, 0.29) is 65.8 Å². The van der Waals surface area contributed by atoms with E-state index >= 15 is 4.39 Å². The molecule has 0 radical (unpaired) electrons. The number of H-pyrrole nitrogens is 2. The van der Waals surface area contributed by atoms with Crippen LogP contribution in [0.1, 0.15) is 112 Å². The third-order valence-electron chi connectivity index (χ3n) is 16.9. The van der Waals surface area contributed by atoms with Crippen LogP contribution in [-0.2, 0) is 35.0 Å². The van der Waals surface area contributed by atoms with Crippen LogP contribution in [0.2, 0.25) is 0 Å². The second-order valence-corrected chi connectivity index (χ2v) is 22.7. The standard InChI is InChI=1S/C57H71FN8O7S/c1-33-8-5-10-34(43-30-61-54(62-43)46-28-39(58)32-66(46)56(68)52(64-57(69)70-2)36-19-24-72-25-20-36)11-6-12-40-41-16-15-37(26-47(41)73-48(29-42(33)40)50-27-38-9-3-4-14-49(38)74-50)44-31-60-53(63-44)45-13-7-21-65(45)55(67)51(59)35-17-22-71-23-18-35/h3-6,8-12,14,26,30-31,33,35-36,39,42,45-46,48,50-52,57,64,69H,7,13,15-25,27-29,32,59H2,1-2H3,(H,60,63)(H,61,62). The number of hydrogen-bond acceptors (Lipinski definition) is 12. The Hall–Kier alpha value is -5.14. The number of methoxy groups -OCH3 is 1. The van der Waals surface area contributed by atoms with Gasteiger partial charge in [0.2, 0.25) is 18.2 Å². The number of nitrogens with two attached hydrogens (primary N) is 1. The van der Waals surface area contributed by atoms with Crippen LogP contribution in [0.5, 0.6) is 0 Å². The number of hydrogen-bond donors (Lipinski definition) is 5. The quantitative estimate of drug-likeness (QED) is 0.111. The lowest BCUT2D eigenvalue weighted by atomic mass is 9.76. The highest BCUT2D eigenvalue weighted by molar-refractivity contribution is 8.00. The van der Waals surface area contributed by atoms with Gasteiger partial charge in [0.05, 0.1) is 59.7 Å². The first-order chi connectivity index (χ1) is 36.1. The highest BCUT2D eigenvalue weighted by atomic mass is 32.2. The predicted octanol–water partition coefficient (Wildman–Crippen LogP) is 7.79. The number of likely N-dealkylation sites (tertiary alicyclic amines) is 2. The molecule has 4 saturated heterocycles. The number of carbonyl (C=O) groups excluding carboxylic acids is 2. The van der Waals surface area contributed by atoms with Crippen molar-refractivity contribution in [2.24, 2.45) is 29.4 Å². The number of benzene rings is 1. The van der Waals surface area contributed by atoms with Gasteiger partial charge in [-0.2, -0.15) is 0 Å². The normalized spacial score (nSPS) is 29.1. The number of nitrogens with zero attached hydrogens (tertiary/aromatic N) is 4. The van der Waals surface area contributed by atoms with Gasteiger partial charge in [-0.15, -0.1) is 11.8 Å². The minimum Gasteiger partial charge on any atom is -0.489 e. The molecule has 1 aromatic carbocycles. The van der Waals surface area contributed by atoms with Crippen LogP contribution in [0.15, 0.2) is 101 Å². The summed E-state index contributed by atoms with van der Waals surface area (Å²) in [5.74, 6) is 2.30. The van der Waals surface area contributed by atoms with E-state index in [0.717, 1.165) is 85.5 Å². The van der Waals surface area contributed by atoms with Crippen molar-refractivity contribution in [1.29, 1.82) is 0 Å². The molecular formula is C57H71FN8O7S. The fourth-order valence-electron chi connectivity index (χ4n) is 12.7. The Morgan fingerprint density at radius 2 is 1.66 bits per heavy atom. The second kappa shape index (κ2) is 22.6. The molecule has 15 nitrogen and oxygen atoms in total. The van der Waals surface area contributed by atoms with Gasteiger partial charge in [0.1, 0.15) is 29.7 Å². The summed E-state index contributed by atoms with van der Waals surface area (Å²) >= 11 is 1.93. The number of amides is 2. The lowest BCUT2D eigenvalue weighted by Gasteiger charge is -2.35. The molecule has 8 heterocycles. The van der Waals surface area contributed by atoms with Crippen molar-refractivity contribution >= 4 is 34.7 Å². The average molecular weight is 1030 g/mol. The topological polar surface area (TPSA) is 193 Å². The maximum Gasteiger partial charge on any atom is 0.240 e. The van der Waals surface area contributed by atoms with Gasteiger partial charge in [-0.1, -0.05) is 61.6 Å². The van der Waals surface area contributed by atoms with Crippen LogP contribution < -0.4 is 11.1 Å². The fraction of sp³-hybridized carbons (Fsp3) is 0.544. The third-order valence-corrected chi connectivity index (χ3v) is 18.3. The van der Waals surface area contributed by atoms with Crippen molar-refractivity contribution in [2.45, 2.75) is 131 Å². The van der Waals surface area contributed by atoms with Gasteiger partial charge in [0.25, 0.3) is 0 Å². The number of nitrogens with one attached hydrogen (secondary N) is 3. The Morgan fingerprint density at radius 3 is 2.45 bits per heavy atom. The largest absolute Gasteiger partial charge is 0.489 e. The van der Waals surface area contributed by atoms with E-state index in [4.69, 9.17) is 34.6 Å². The monoisotopic (exact) mass is 1030 g/mol. The number of carbonyl (C=O) groups is 2. The van der Waals surface area contributed by atoms with Crippen molar-refractivity contribution in [2.75, 3.05) is 46.6 Å². The number of aliphatic hydroxyl groups is 1. The number of aromatic nitrogens is 4. The number of aromatic amines is 2. The summed E-state index contributed by atoms with van der Waals surface area (Å²) in [5, 5.41) is 13.6. The van der Waals surface area contributed by atoms with Crippen LogP contribution in [0, 0.1) is 23.7 Å². The van der Waals surface area contributed by atoms with Gasteiger partial charge < -0.3 is 49.6 Å². The van der Waals surface area contributed by atoms with Crippen LogP contribution in [0.25, 0.3) is 11.1 Å². The van der Waals surface area contributed by atoms with Crippen molar-refractivity contribution in [3.63, 3.8) is 0 Å². The molecule has 0 bridgehead atoms. The molecule has 10 atom stereocenters. The molecule has 17 heteroatoms. The summed E-state index contributed by atoms with van der Waals surface area (Å²) in [7, 11) is 1.37. The van der Waals surface area contributed by atoms with E-state index in [1.54, 1.807) is 11.1 Å². The molecule has 10 unspecified atom stereocenters. The Balaban J connectivity index is 0.869. The predicted molar refractivity (Wildman–Crippen MR) is 280 cm³/mol. The summed E-state index contributed by atoms with van der Waals surface area (Å²) in [6.45, 7) is 5.23. The lowest BCUT2D eigenvalue weighted by molar-refractivity contribution is -0.147. The van der Waals surface area contributed by atoms with Crippen molar-refractivity contribution in [3.05, 3.63) is 125 Å². The zero-order valence-electron chi connectivity index (χ0n) is 42.5. The first-order valence-corrected chi connectivity index (χ1v) is 27.8. The van der Waals surface area contributed by atoms with Gasteiger partial charge in [-0.05, 0) is 128 Å². The number of rotatable bonds is 12. The number of halogens is 1. The molecule has 2 aliphatic carbocycles. The van der Waals surface area contributed by atoms with Crippen molar-refractivity contribution in [3.8, 4) is 0 Å². The molecule has 6 aliphatic heterocycles. The first kappa shape index (κ1) is 51.0. The van der Waals surface area contributed by atoms with E-state index in [1.807, 2.05) is 22.9 Å². The van der Waals surface area contributed by atoms with Crippen molar-refractivity contribution in [1.82, 2.24) is 35.1 Å². The maximum absolute atomic E-state index is 15.4. The number of aliphatic hydroxyl groups excluding tert-OH is 1. The maximum atomic E-state index is 15.4. The van der Waals surface area contributed by atoms with E-state index < -0.39 is 30.7 Å². The lowest BCUT2D eigenvalue weighted by Crippen LogP contribution is -2.54. The molecule has 74 heavy (non-hydrogen) atoms. The van der Waals surface area contributed by atoms with Gasteiger partial charge >= 0.3 is 0 Å². The fourth-order valence-corrected chi connectivity index (χ4v) is 14.1. The van der Waals surface area contributed by atoms with Crippen LogP contribution in [0.3, 0.4) is 0 Å². The Morgan fingerprint density at radius 1 is 0.919 bits per heavy atom. The van der Waals surface area contributed by atoms with Gasteiger partial charge in [0.15, 0.2) is 0 Å². The molecule has 0 saturated carbocycles. The zero-order valence-corrected chi connectivity index (χ0v) is 43.3. The van der Waals surface area contributed by atoms with Crippen LogP contribution in [0.4, 0.5) is 4.39 Å². The van der Waals surface area contributed by atoms with Gasteiger partial charge in [0, 0.05) is 51.4 Å². The molecule has 6 N–H and O–H groups in total. The van der Waals surface area contributed by atoms with Crippen molar-refractivity contribution < 1.29 is 38.0 Å². The number of allylic oxidation sites excluding steroid dienone is 11. The molecule has 2 aromatic heterocycles. The summed E-state index contributed by atoms with van der Waals surface area (Å²) in [6.07, 6.45) is 24.4. The van der Waals surface area contributed by atoms with Gasteiger partial charge in [-0.25, -0.2) is 14.4 Å².